The molecule has 116 valence electrons. The first-order valence-corrected chi connectivity index (χ1v) is 7.17. The molecule has 0 aliphatic carbocycles. The van der Waals surface area contributed by atoms with Gasteiger partial charge in [0.25, 0.3) is 0 Å². The maximum Gasteiger partial charge on any atom is 0.303 e. The maximum atomic E-state index is 11.7. The van der Waals surface area contributed by atoms with Crippen LogP contribution in [-0.2, 0) is 9.59 Å². The average molecular weight is 309 g/mol. The molecule has 0 bridgehead atoms. The Hall–Kier alpha value is -3.15. The number of hydrogen-bond donors (Lipinski definition) is 2. The van der Waals surface area contributed by atoms with E-state index in [0.717, 1.165) is 16.9 Å². The van der Waals surface area contributed by atoms with E-state index in [-0.39, 0.29) is 18.7 Å². The predicted molar refractivity (Wildman–Crippen MR) is 86.1 cm³/mol. The van der Waals surface area contributed by atoms with Gasteiger partial charge in [-0.3, -0.25) is 9.59 Å². The number of rotatable bonds is 5. The van der Waals surface area contributed by atoms with E-state index in [1.807, 2.05) is 40.9 Å². The van der Waals surface area contributed by atoms with Crippen molar-refractivity contribution in [1.82, 2.24) is 9.38 Å². The third-order valence-electron chi connectivity index (χ3n) is 3.37. The van der Waals surface area contributed by atoms with Crippen LogP contribution in [0, 0.1) is 0 Å². The molecule has 6 nitrogen and oxygen atoms in total. The topological polar surface area (TPSA) is 83.7 Å². The lowest BCUT2D eigenvalue weighted by atomic mass is 10.2. The number of hydrogen-bond acceptors (Lipinski definition) is 3. The van der Waals surface area contributed by atoms with Crippen molar-refractivity contribution in [3.63, 3.8) is 0 Å². The highest BCUT2D eigenvalue weighted by molar-refractivity contribution is 5.92. The molecule has 2 N–H and O–H groups in total. The van der Waals surface area contributed by atoms with E-state index in [0.29, 0.717) is 5.69 Å². The van der Waals surface area contributed by atoms with E-state index in [4.69, 9.17) is 5.11 Å². The Balaban J connectivity index is 1.79. The third kappa shape index (κ3) is 3.55. The van der Waals surface area contributed by atoms with Gasteiger partial charge in [-0.2, -0.15) is 0 Å². The maximum absolute atomic E-state index is 11.7. The van der Waals surface area contributed by atoms with Gasteiger partial charge in [-0.05, 0) is 12.1 Å². The predicted octanol–water partition coefficient (Wildman–Crippen LogP) is 2.80. The lowest BCUT2D eigenvalue weighted by molar-refractivity contribution is -0.138. The minimum atomic E-state index is -0.988. The van der Waals surface area contributed by atoms with Gasteiger partial charge in [-0.25, -0.2) is 4.98 Å². The summed E-state index contributed by atoms with van der Waals surface area (Å²) in [7, 11) is 0. The second kappa shape index (κ2) is 6.31. The van der Waals surface area contributed by atoms with Crippen molar-refractivity contribution in [2.45, 2.75) is 12.8 Å². The van der Waals surface area contributed by atoms with Gasteiger partial charge in [0.05, 0.1) is 17.8 Å². The van der Waals surface area contributed by atoms with Crippen LogP contribution >= 0.6 is 0 Å². The Morgan fingerprint density at radius 2 is 1.83 bits per heavy atom. The molecule has 0 aliphatic rings. The number of fused-ring (bicyclic) bond motifs is 1. The summed E-state index contributed by atoms with van der Waals surface area (Å²) in [6, 6.07) is 13.4. The van der Waals surface area contributed by atoms with Gasteiger partial charge in [0.2, 0.25) is 5.91 Å². The number of carbonyl (C=O) groups is 2. The van der Waals surface area contributed by atoms with Crippen molar-refractivity contribution in [2.24, 2.45) is 0 Å². The second-order valence-electron chi connectivity index (χ2n) is 5.12. The summed E-state index contributed by atoms with van der Waals surface area (Å²) < 4.78 is 1.83. The highest BCUT2D eigenvalue weighted by Crippen LogP contribution is 2.20. The Morgan fingerprint density at radius 3 is 2.57 bits per heavy atom. The molecule has 0 spiro atoms. The zero-order valence-corrected chi connectivity index (χ0v) is 12.3. The summed E-state index contributed by atoms with van der Waals surface area (Å²) >= 11 is 0. The fraction of sp³-hybridized carbons (Fsp3) is 0.118. The Kier molecular flexibility index (Phi) is 4.05. The van der Waals surface area contributed by atoms with Crippen molar-refractivity contribution in [2.75, 3.05) is 5.32 Å². The number of anilines is 1. The summed E-state index contributed by atoms with van der Waals surface area (Å²) in [5.41, 5.74) is 3.24. The number of aromatic nitrogens is 2. The number of imidazole rings is 1. The van der Waals surface area contributed by atoms with E-state index in [9.17, 15) is 9.59 Å². The van der Waals surface area contributed by atoms with Crippen molar-refractivity contribution < 1.29 is 14.7 Å². The van der Waals surface area contributed by atoms with Crippen LogP contribution in [0.1, 0.15) is 12.8 Å². The van der Waals surface area contributed by atoms with Crippen LogP contribution < -0.4 is 5.32 Å². The molecule has 0 fully saturated rings. The minimum Gasteiger partial charge on any atom is -0.481 e. The molecule has 6 heteroatoms. The summed E-state index contributed by atoms with van der Waals surface area (Å²) in [6.07, 6.45) is 3.41. The Morgan fingerprint density at radius 1 is 1.04 bits per heavy atom. The van der Waals surface area contributed by atoms with E-state index in [1.165, 1.54) is 0 Å². The highest BCUT2D eigenvalue weighted by Gasteiger charge is 2.08. The van der Waals surface area contributed by atoms with Crippen LogP contribution in [0.25, 0.3) is 16.9 Å². The molecule has 2 heterocycles. The minimum absolute atomic E-state index is 0.0490. The molecular weight excluding hydrogens is 294 g/mol. The van der Waals surface area contributed by atoms with Gasteiger partial charge >= 0.3 is 5.97 Å². The normalized spacial score (nSPS) is 10.6. The zero-order valence-electron chi connectivity index (χ0n) is 12.3. The van der Waals surface area contributed by atoms with Gasteiger partial charge < -0.3 is 14.8 Å². The molecule has 0 atom stereocenters. The molecule has 1 amide bonds. The van der Waals surface area contributed by atoms with E-state index in [1.54, 1.807) is 18.3 Å². The van der Waals surface area contributed by atoms with Gasteiger partial charge in [0, 0.05) is 24.4 Å². The lowest BCUT2D eigenvalue weighted by Gasteiger charge is -2.04. The van der Waals surface area contributed by atoms with Crippen molar-refractivity contribution in [1.29, 1.82) is 0 Å². The molecule has 0 saturated carbocycles. The van der Waals surface area contributed by atoms with Crippen LogP contribution in [-0.4, -0.2) is 26.4 Å². The number of carbonyl (C=O) groups excluding carboxylic acids is 1. The number of amides is 1. The standard InChI is InChI=1S/C17H15N3O3/c21-16(8-9-17(22)23)18-13-6-7-15-19-14(11-20(15)10-13)12-4-2-1-3-5-12/h1-7,10-11H,8-9H2,(H,18,21)(H,22,23). The molecule has 0 aliphatic heterocycles. The van der Waals surface area contributed by atoms with Crippen LogP contribution in [0.3, 0.4) is 0 Å². The Bertz CT molecular complexity index is 856. The molecule has 3 aromatic rings. The molecule has 3 rings (SSSR count). The van der Waals surface area contributed by atoms with Crippen molar-refractivity contribution in [3.8, 4) is 11.3 Å². The molecule has 1 aromatic carbocycles. The molecule has 0 saturated heterocycles. The molecule has 0 radical (unpaired) electrons. The first-order valence-electron chi connectivity index (χ1n) is 7.17. The number of benzene rings is 1. The number of aliphatic carboxylic acids is 1. The van der Waals surface area contributed by atoms with Gasteiger partial charge in [0.1, 0.15) is 5.65 Å². The van der Waals surface area contributed by atoms with Crippen LogP contribution in [0.5, 0.6) is 0 Å². The van der Waals surface area contributed by atoms with Crippen LogP contribution in [0.2, 0.25) is 0 Å². The Labute approximate surface area is 132 Å². The molecular formula is C17H15N3O3. The lowest BCUT2D eigenvalue weighted by Crippen LogP contribution is -2.13. The van der Waals surface area contributed by atoms with Crippen molar-refractivity contribution in [3.05, 3.63) is 54.9 Å². The third-order valence-corrected chi connectivity index (χ3v) is 3.37. The first-order chi connectivity index (χ1) is 11.1. The number of pyridine rings is 1. The SMILES string of the molecule is O=C(O)CCC(=O)Nc1ccc2nc(-c3ccccc3)cn2c1. The highest BCUT2D eigenvalue weighted by atomic mass is 16.4. The van der Waals surface area contributed by atoms with Gasteiger partial charge in [-0.1, -0.05) is 30.3 Å². The smallest absolute Gasteiger partial charge is 0.303 e. The van der Waals surface area contributed by atoms with E-state index in [2.05, 4.69) is 10.3 Å². The molecule has 23 heavy (non-hydrogen) atoms. The van der Waals surface area contributed by atoms with Gasteiger partial charge in [0.15, 0.2) is 0 Å². The summed E-state index contributed by atoms with van der Waals surface area (Å²) in [4.78, 5) is 26.7. The van der Waals surface area contributed by atoms with Gasteiger partial charge in [-0.15, -0.1) is 0 Å². The summed E-state index contributed by atoms with van der Waals surface area (Å²) in [6.45, 7) is 0. The fourth-order valence-corrected chi connectivity index (χ4v) is 2.26. The number of carboxylic acid groups (broad SMARTS) is 1. The van der Waals surface area contributed by atoms with Crippen molar-refractivity contribution >= 4 is 23.2 Å². The molecule has 0 unspecified atom stereocenters. The molecule has 2 aromatic heterocycles. The summed E-state index contributed by atoms with van der Waals surface area (Å²) in [5, 5.41) is 11.3. The number of nitrogens with zero attached hydrogens (tertiary/aromatic N) is 2. The fourth-order valence-electron chi connectivity index (χ4n) is 2.26. The quantitative estimate of drug-likeness (QED) is 0.759. The van der Waals surface area contributed by atoms with E-state index < -0.39 is 5.97 Å². The largest absolute Gasteiger partial charge is 0.481 e. The average Bonchev–Trinajstić information content (AvgIpc) is 2.97. The zero-order chi connectivity index (χ0) is 16.2. The van der Waals surface area contributed by atoms with Crippen LogP contribution in [0.15, 0.2) is 54.9 Å². The van der Waals surface area contributed by atoms with Crippen LogP contribution in [0.4, 0.5) is 5.69 Å². The number of nitrogens with one attached hydrogen (secondary N) is 1. The summed E-state index contributed by atoms with van der Waals surface area (Å²) in [5.74, 6) is -1.31. The first kappa shape index (κ1) is 14.8. The van der Waals surface area contributed by atoms with E-state index >= 15 is 0 Å². The monoisotopic (exact) mass is 309 g/mol. The number of carboxylic acids is 1. The second-order valence-corrected chi connectivity index (χ2v) is 5.12.